The molecule has 1 saturated heterocycles. The van der Waals surface area contributed by atoms with Gasteiger partial charge in [0.1, 0.15) is 11.4 Å². The van der Waals surface area contributed by atoms with E-state index in [0.29, 0.717) is 47.0 Å². The minimum absolute atomic E-state index is 0.0868. The number of benzene rings is 1. The lowest BCUT2D eigenvalue weighted by atomic mass is 9.97. The predicted molar refractivity (Wildman–Crippen MR) is 103 cm³/mol. The van der Waals surface area contributed by atoms with Crippen LogP contribution in [0.2, 0.25) is 10.0 Å². The Hall–Kier alpha value is -2.31. The van der Waals surface area contributed by atoms with Gasteiger partial charge in [-0.3, -0.25) is 14.6 Å². The molecule has 0 bridgehead atoms. The second kappa shape index (κ2) is 8.59. The summed E-state index contributed by atoms with van der Waals surface area (Å²) in [4.78, 5) is 29.5. The summed E-state index contributed by atoms with van der Waals surface area (Å²) in [6.45, 7) is 1.77. The Morgan fingerprint density at radius 3 is 2.59 bits per heavy atom. The highest BCUT2D eigenvalue weighted by molar-refractivity contribution is 6.36. The number of likely N-dealkylation sites (tertiary alicyclic amines) is 1. The molecular weight excluding hydrogens is 389 g/mol. The van der Waals surface area contributed by atoms with Crippen molar-refractivity contribution in [1.29, 1.82) is 0 Å². The van der Waals surface area contributed by atoms with Crippen LogP contribution in [0.5, 0.6) is 5.75 Å². The number of aromatic nitrogens is 1. The molecule has 1 fully saturated rings. The van der Waals surface area contributed by atoms with E-state index in [9.17, 15) is 9.59 Å². The molecule has 1 aliphatic heterocycles. The van der Waals surface area contributed by atoms with Gasteiger partial charge >= 0.3 is 0 Å². The number of carbonyl (C=O) groups is 2. The van der Waals surface area contributed by atoms with E-state index in [1.807, 2.05) is 0 Å². The van der Waals surface area contributed by atoms with Crippen molar-refractivity contribution in [1.82, 2.24) is 9.88 Å². The molecule has 2 aromatic rings. The van der Waals surface area contributed by atoms with Gasteiger partial charge in [0.25, 0.3) is 11.8 Å². The summed E-state index contributed by atoms with van der Waals surface area (Å²) in [7, 11) is 0. The number of carbonyl (C=O) groups excluding carboxylic acids is 2. The number of ether oxygens (including phenoxy) is 1. The summed E-state index contributed by atoms with van der Waals surface area (Å²) in [6.07, 6.45) is 3.14. The van der Waals surface area contributed by atoms with Crippen molar-refractivity contribution < 1.29 is 14.3 Å². The van der Waals surface area contributed by atoms with Crippen LogP contribution in [0.4, 0.5) is 0 Å². The highest BCUT2D eigenvalue weighted by Crippen LogP contribution is 2.25. The van der Waals surface area contributed by atoms with E-state index in [4.69, 9.17) is 33.7 Å². The maximum atomic E-state index is 12.6. The second-order valence-corrected chi connectivity index (χ2v) is 7.26. The summed E-state index contributed by atoms with van der Waals surface area (Å²) in [5.74, 6) is 0.203. The van der Waals surface area contributed by atoms with Gasteiger partial charge in [0.05, 0.1) is 17.2 Å². The van der Waals surface area contributed by atoms with Gasteiger partial charge in [-0.05, 0) is 43.0 Å². The fourth-order valence-electron chi connectivity index (χ4n) is 2.99. The number of nitrogens with two attached hydrogens (primary N) is 1. The van der Waals surface area contributed by atoms with Gasteiger partial charge in [0, 0.05) is 30.4 Å². The Labute approximate surface area is 167 Å². The Kier molecular flexibility index (Phi) is 6.19. The lowest BCUT2D eigenvalue weighted by Gasteiger charge is -2.32. The fourth-order valence-corrected chi connectivity index (χ4v) is 3.48. The number of piperidine rings is 1. The summed E-state index contributed by atoms with van der Waals surface area (Å²) >= 11 is 12.0. The lowest BCUT2D eigenvalue weighted by Crippen LogP contribution is -2.39. The van der Waals surface area contributed by atoms with Gasteiger partial charge in [-0.25, -0.2) is 0 Å². The number of amides is 2. The number of primary amides is 1. The van der Waals surface area contributed by atoms with Crippen molar-refractivity contribution in [2.75, 3.05) is 19.7 Å². The van der Waals surface area contributed by atoms with Crippen LogP contribution in [0.3, 0.4) is 0 Å². The molecule has 8 heteroatoms. The summed E-state index contributed by atoms with van der Waals surface area (Å²) in [5.41, 5.74) is 5.86. The molecule has 0 saturated carbocycles. The SMILES string of the molecule is NC(=O)c1cc(OCC2CCN(C(=O)c3ccc(Cl)cc3Cl)CC2)ccn1. The smallest absolute Gasteiger partial charge is 0.267 e. The largest absolute Gasteiger partial charge is 0.493 e. The zero-order valence-corrected chi connectivity index (χ0v) is 16.0. The Morgan fingerprint density at radius 2 is 1.93 bits per heavy atom. The number of pyridine rings is 1. The molecule has 1 aromatic carbocycles. The molecule has 0 spiro atoms. The van der Waals surface area contributed by atoms with E-state index in [1.165, 1.54) is 12.3 Å². The summed E-state index contributed by atoms with van der Waals surface area (Å²) in [6, 6.07) is 8.11. The first-order chi connectivity index (χ1) is 12.9. The Bertz CT molecular complexity index is 852. The maximum Gasteiger partial charge on any atom is 0.267 e. The molecular formula is C19H19Cl2N3O3. The minimum Gasteiger partial charge on any atom is -0.493 e. The molecule has 0 radical (unpaired) electrons. The van der Waals surface area contributed by atoms with Crippen LogP contribution in [-0.4, -0.2) is 41.4 Å². The van der Waals surface area contributed by atoms with E-state index < -0.39 is 5.91 Å². The van der Waals surface area contributed by atoms with Crippen LogP contribution in [0.25, 0.3) is 0 Å². The van der Waals surface area contributed by atoms with Gasteiger partial charge in [-0.1, -0.05) is 23.2 Å². The molecule has 2 amide bonds. The number of nitrogens with zero attached hydrogens (tertiary/aromatic N) is 2. The molecule has 2 N–H and O–H groups in total. The van der Waals surface area contributed by atoms with Crippen molar-refractivity contribution in [3.63, 3.8) is 0 Å². The summed E-state index contributed by atoms with van der Waals surface area (Å²) in [5, 5.41) is 0.865. The average Bonchev–Trinajstić information content (AvgIpc) is 2.66. The third-order valence-electron chi connectivity index (χ3n) is 4.53. The van der Waals surface area contributed by atoms with E-state index >= 15 is 0 Å². The van der Waals surface area contributed by atoms with Gasteiger partial charge in [0.2, 0.25) is 0 Å². The zero-order valence-electron chi connectivity index (χ0n) is 14.5. The molecule has 142 valence electrons. The Morgan fingerprint density at radius 1 is 1.19 bits per heavy atom. The predicted octanol–water partition coefficient (Wildman–Crippen LogP) is 3.42. The monoisotopic (exact) mass is 407 g/mol. The van der Waals surface area contributed by atoms with Crippen molar-refractivity contribution in [2.24, 2.45) is 11.7 Å². The topological polar surface area (TPSA) is 85.5 Å². The highest BCUT2D eigenvalue weighted by Gasteiger charge is 2.25. The van der Waals surface area contributed by atoms with Crippen LogP contribution in [0.1, 0.15) is 33.7 Å². The van der Waals surface area contributed by atoms with Crippen LogP contribution >= 0.6 is 23.2 Å². The van der Waals surface area contributed by atoms with Gasteiger partial charge in [-0.15, -0.1) is 0 Å². The lowest BCUT2D eigenvalue weighted by molar-refractivity contribution is 0.0661. The quantitative estimate of drug-likeness (QED) is 0.822. The number of hydrogen-bond acceptors (Lipinski definition) is 4. The van der Waals surface area contributed by atoms with Crippen molar-refractivity contribution in [2.45, 2.75) is 12.8 Å². The molecule has 0 unspecified atom stereocenters. The second-order valence-electron chi connectivity index (χ2n) is 6.41. The van der Waals surface area contributed by atoms with E-state index in [1.54, 1.807) is 29.2 Å². The van der Waals surface area contributed by atoms with Gasteiger partial charge in [-0.2, -0.15) is 0 Å². The van der Waals surface area contributed by atoms with Crippen LogP contribution < -0.4 is 10.5 Å². The average molecular weight is 408 g/mol. The van der Waals surface area contributed by atoms with Gasteiger partial charge < -0.3 is 15.4 Å². The third-order valence-corrected chi connectivity index (χ3v) is 5.08. The number of hydrogen-bond donors (Lipinski definition) is 1. The highest BCUT2D eigenvalue weighted by atomic mass is 35.5. The first-order valence-electron chi connectivity index (χ1n) is 8.57. The maximum absolute atomic E-state index is 12.6. The van der Waals surface area contributed by atoms with Crippen molar-refractivity contribution in [3.8, 4) is 5.75 Å². The normalized spacial score (nSPS) is 14.8. The van der Waals surface area contributed by atoms with E-state index in [2.05, 4.69) is 4.98 Å². The fraction of sp³-hybridized carbons (Fsp3) is 0.316. The molecule has 0 atom stereocenters. The molecule has 6 nitrogen and oxygen atoms in total. The van der Waals surface area contributed by atoms with Crippen molar-refractivity contribution in [3.05, 3.63) is 57.8 Å². The Balaban J connectivity index is 1.52. The first kappa shape index (κ1) is 19.5. The number of rotatable bonds is 5. The van der Waals surface area contributed by atoms with E-state index in [-0.39, 0.29) is 11.6 Å². The molecule has 27 heavy (non-hydrogen) atoms. The molecule has 2 heterocycles. The standard InChI is InChI=1S/C19H19Cl2N3O3/c20-13-1-2-15(16(21)9-13)19(26)24-7-4-12(5-8-24)11-27-14-3-6-23-17(10-14)18(22)25/h1-3,6,9-10,12H,4-5,7-8,11H2,(H2,22,25). The van der Waals surface area contributed by atoms with Gasteiger partial charge in [0.15, 0.2) is 0 Å². The van der Waals surface area contributed by atoms with Crippen molar-refractivity contribution >= 4 is 35.0 Å². The van der Waals surface area contributed by atoms with Crippen LogP contribution in [0.15, 0.2) is 36.5 Å². The third kappa shape index (κ3) is 4.90. The minimum atomic E-state index is -0.590. The molecule has 3 rings (SSSR count). The molecule has 0 aliphatic carbocycles. The zero-order chi connectivity index (χ0) is 19.4. The van der Waals surface area contributed by atoms with E-state index in [0.717, 1.165) is 12.8 Å². The number of halogens is 2. The molecule has 1 aromatic heterocycles. The van der Waals surface area contributed by atoms with Crippen LogP contribution in [-0.2, 0) is 0 Å². The molecule has 1 aliphatic rings. The first-order valence-corrected chi connectivity index (χ1v) is 9.32. The van der Waals surface area contributed by atoms with Crippen LogP contribution in [0, 0.1) is 5.92 Å². The summed E-state index contributed by atoms with van der Waals surface area (Å²) < 4.78 is 5.76.